The molecule has 0 aliphatic carbocycles. The van der Waals surface area contributed by atoms with Crippen LogP contribution in [0.1, 0.15) is 22.6 Å². The number of anilines is 1. The van der Waals surface area contributed by atoms with Crippen LogP contribution in [0.25, 0.3) is 0 Å². The Morgan fingerprint density at radius 1 is 1.67 bits per heavy atom. The summed E-state index contributed by atoms with van der Waals surface area (Å²) in [6.07, 6.45) is 3.97. The van der Waals surface area contributed by atoms with Crippen LogP contribution in [0, 0.1) is 6.92 Å². The molecule has 1 aromatic rings. The fourth-order valence-corrected chi connectivity index (χ4v) is 1.71. The molecule has 0 unspecified atom stereocenters. The summed E-state index contributed by atoms with van der Waals surface area (Å²) < 4.78 is 0. The normalized spacial score (nSPS) is 15.0. The third kappa shape index (κ3) is 1.75. The number of carbonyl (C=O) groups excluding carboxylic acids is 1. The van der Waals surface area contributed by atoms with E-state index in [2.05, 4.69) is 21.4 Å². The topological polar surface area (TPSA) is 46.1 Å². The fourth-order valence-electron chi connectivity index (χ4n) is 1.71. The lowest BCUT2D eigenvalue weighted by Gasteiger charge is -2.27. The predicted molar refractivity (Wildman–Crippen MR) is 58.1 cm³/mol. The van der Waals surface area contributed by atoms with Crippen molar-refractivity contribution in [3.05, 3.63) is 30.2 Å². The minimum atomic E-state index is 0.130. The number of carbonyl (C=O) groups is 1. The van der Waals surface area contributed by atoms with Crippen molar-refractivity contribution in [3.8, 4) is 0 Å². The second kappa shape index (κ2) is 3.81. The van der Waals surface area contributed by atoms with Gasteiger partial charge < -0.3 is 4.90 Å². The maximum atomic E-state index is 11.6. The summed E-state index contributed by atoms with van der Waals surface area (Å²) in [7, 11) is 0. The molecule has 0 atom stereocenters. The molecule has 2 heterocycles. The quantitative estimate of drug-likeness (QED) is 0.681. The SMILES string of the molecule is C=CCN1CCC(=O)c2cnc(C)nc21. The van der Waals surface area contributed by atoms with Crippen LogP contribution in [0.4, 0.5) is 5.82 Å². The van der Waals surface area contributed by atoms with Gasteiger partial charge in [0, 0.05) is 25.7 Å². The van der Waals surface area contributed by atoms with Crippen LogP contribution in [0.15, 0.2) is 18.9 Å². The lowest BCUT2D eigenvalue weighted by atomic mass is 10.1. The van der Waals surface area contributed by atoms with Gasteiger partial charge in [0.25, 0.3) is 0 Å². The molecule has 0 aromatic carbocycles. The molecule has 4 heteroatoms. The third-order valence-corrected chi connectivity index (χ3v) is 2.45. The monoisotopic (exact) mass is 203 g/mol. The molecular formula is C11H13N3O. The van der Waals surface area contributed by atoms with E-state index < -0.39 is 0 Å². The van der Waals surface area contributed by atoms with Crippen molar-refractivity contribution < 1.29 is 4.79 Å². The van der Waals surface area contributed by atoms with Gasteiger partial charge in [0.15, 0.2) is 5.78 Å². The van der Waals surface area contributed by atoms with Gasteiger partial charge in [0.2, 0.25) is 0 Å². The average Bonchev–Trinajstić information content (AvgIpc) is 2.22. The maximum absolute atomic E-state index is 11.6. The minimum absolute atomic E-state index is 0.130. The largest absolute Gasteiger partial charge is 0.352 e. The minimum Gasteiger partial charge on any atom is -0.352 e. The van der Waals surface area contributed by atoms with Gasteiger partial charge >= 0.3 is 0 Å². The van der Waals surface area contributed by atoms with Crippen molar-refractivity contribution in [1.82, 2.24) is 9.97 Å². The molecule has 0 N–H and O–H groups in total. The highest BCUT2D eigenvalue weighted by Crippen LogP contribution is 2.23. The van der Waals surface area contributed by atoms with Crippen LogP contribution in [0.3, 0.4) is 0 Å². The smallest absolute Gasteiger partial charge is 0.169 e. The van der Waals surface area contributed by atoms with Gasteiger partial charge in [-0.3, -0.25) is 4.79 Å². The highest BCUT2D eigenvalue weighted by atomic mass is 16.1. The Kier molecular flexibility index (Phi) is 2.49. The van der Waals surface area contributed by atoms with Crippen LogP contribution in [-0.4, -0.2) is 28.8 Å². The Bertz CT molecular complexity index is 414. The molecule has 78 valence electrons. The van der Waals surface area contributed by atoms with E-state index in [0.29, 0.717) is 24.4 Å². The van der Waals surface area contributed by atoms with Crippen LogP contribution >= 0.6 is 0 Å². The van der Waals surface area contributed by atoms with E-state index in [1.165, 1.54) is 0 Å². The number of aromatic nitrogens is 2. The third-order valence-electron chi connectivity index (χ3n) is 2.45. The van der Waals surface area contributed by atoms with E-state index in [1.54, 1.807) is 6.20 Å². The number of ketones is 1. The summed E-state index contributed by atoms with van der Waals surface area (Å²) in [4.78, 5) is 22.0. The molecule has 0 amide bonds. The maximum Gasteiger partial charge on any atom is 0.169 e. The van der Waals surface area contributed by atoms with E-state index in [9.17, 15) is 4.79 Å². The number of fused-ring (bicyclic) bond motifs is 1. The first-order valence-electron chi connectivity index (χ1n) is 4.95. The van der Waals surface area contributed by atoms with Crippen molar-refractivity contribution in [2.24, 2.45) is 0 Å². The van der Waals surface area contributed by atoms with E-state index in [4.69, 9.17) is 0 Å². The van der Waals surface area contributed by atoms with Gasteiger partial charge in [0.05, 0.1) is 5.56 Å². The molecule has 4 nitrogen and oxygen atoms in total. The summed E-state index contributed by atoms with van der Waals surface area (Å²) >= 11 is 0. The highest BCUT2D eigenvalue weighted by Gasteiger charge is 2.23. The van der Waals surface area contributed by atoms with Gasteiger partial charge in [-0.25, -0.2) is 9.97 Å². The zero-order valence-corrected chi connectivity index (χ0v) is 8.73. The first-order chi connectivity index (χ1) is 7.22. The Labute approximate surface area is 88.7 Å². The van der Waals surface area contributed by atoms with Crippen molar-refractivity contribution in [2.45, 2.75) is 13.3 Å². The van der Waals surface area contributed by atoms with E-state index >= 15 is 0 Å². The molecule has 1 aliphatic rings. The first kappa shape index (κ1) is 9.83. The summed E-state index contributed by atoms with van der Waals surface area (Å²) in [6, 6.07) is 0. The molecule has 0 saturated heterocycles. The molecule has 0 saturated carbocycles. The zero-order valence-electron chi connectivity index (χ0n) is 8.73. The van der Waals surface area contributed by atoms with Gasteiger partial charge in [-0.05, 0) is 6.92 Å². The summed E-state index contributed by atoms with van der Waals surface area (Å²) in [5, 5.41) is 0. The average molecular weight is 203 g/mol. The Balaban J connectivity index is 2.46. The molecular weight excluding hydrogens is 190 g/mol. The predicted octanol–water partition coefficient (Wildman–Crippen LogP) is 1.36. The lowest BCUT2D eigenvalue weighted by molar-refractivity contribution is 0.0979. The van der Waals surface area contributed by atoms with Gasteiger partial charge in [0.1, 0.15) is 11.6 Å². The Morgan fingerprint density at radius 2 is 2.47 bits per heavy atom. The van der Waals surface area contributed by atoms with Crippen LogP contribution in [-0.2, 0) is 0 Å². The summed E-state index contributed by atoms with van der Waals surface area (Å²) in [6.45, 7) is 6.96. The highest BCUT2D eigenvalue weighted by molar-refractivity contribution is 6.02. The Morgan fingerprint density at radius 3 is 3.20 bits per heavy atom. The van der Waals surface area contributed by atoms with Crippen molar-refractivity contribution >= 4 is 11.6 Å². The van der Waals surface area contributed by atoms with Gasteiger partial charge in [-0.15, -0.1) is 6.58 Å². The number of aryl methyl sites for hydroxylation is 1. The molecule has 15 heavy (non-hydrogen) atoms. The molecule has 0 bridgehead atoms. The second-order valence-electron chi connectivity index (χ2n) is 3.56. The Hall–Kier alpha value is -1.71. The van der Waals surface area contributed by atoms with Crippen LogP contribution < -0.4 is 4.90 Å². The molecule has 0 fully saturated rings. The molecule has 0 radical (unpaired) electrons. The zero-order chi connectivity index (χ0) is 10.8. The summed E-state index contributed by atoms with van der Waals surface area (Å²) in [5.41, 5.74) is 0.633. The van der Waals surface area contributed by atoms with Crippen molar-refractivity contribution in [1.29, 1.82) is 0 Å². The molecule has 2 rings (SSSR count). The standard InChI is InChI=1S/C11H13N3O/c1-3-5-14-6-4-10(15)9-7-12-8(2)13-11(9)14/h3,7H,1,4-6H2,2H3. The van der Waals surface area contributed by atoms with Crippen LogP contribution in [0.2, 0.25) is 0 Å². The number of hydrogen-bond donors (Lipinski definition) is 0. The fraction of sp³-hybridized carbons (Fsp3) is 0.364. The van der Waals surface area contributed by atoms with Gasteiger partial charge in [-0.1, -0.05) is 6.08 Å². The number of Topliss-reactive ketones (excluding diaryl/α,β-unsaturated/α-hetero) is 1. The van der Waals surface area contributed by atoms with E-state index in [-0.39, 0.29) is 5.78 Å². The van der Waals surface area contributed by atoms with E-state index in [0.717, 1.165) is 12.4 Å². The first-order valence-corrected chi connectivity index (χ1v) is 4.95. The summed E-state index contributed by atoms with van der Waals surface area (Å²) in [5.74, 6) is 1.57. The molecule has 1 aromatic heterocycles. The van der Waals surface area contributed by atoms with E-state index in [1.807, 2.05) is 13.0 Å². The molecule has 1 aliphatic heterocycles. The van der Waals surface area contributed by atoms with Crippen molar-refractivity contribution in [3.63, 3.8) is 0 Å². The number of hydrogen-bond acceptors (Lipinski definition) is 4. The second-order valence-corrected chi connectivity index (χ2v) is 3.56. The van der Waals surface area contributed by atoms with Crippen molar-refractivity contribution in [2.75, 3.05) is 18.0 Å². The van der Waals surface area contributed by atoms with Gasteiger partial charge in [-0.2, -0.15) is 0 Å². The lowest BCUT2D eigenvalue weighted by Crippen LogP contribution is -2.33. The van der Waals surface area contributed by atoms with Crippen LogP contribution in [0.5, 0.6) is 0 Å². The number of rotatable bonds is 2. The number of nitrogens with zero attached hydrogens (tertiary/aromatic N) is 3. The molecule has 0 spiro atoms.